The van der Waals surface area contributed by atoms with E-state index < -0.39 is 5.97 Å². The summed E-state index contributed by atoms with van der Waals surface area (Å²) in [5.74, 6) is -0.508. The highest BCUT2D eigenvalue weighted by molar-refractivity contribution is 6.30. The highest BCUT2D eigenvalue weighted by Gasteiger charge is 2.35. The number of carbonyl (C=O) groups is 1. The molecule has 220 valence electrons. The lowest BCUT2D eigenvalue weighted by Gasteiger charge is -2.37. The maximum Gasteiger partial charge on any atom is 0.303 e. The maximum absolute atomic E-state index is 11.9. The molecule has 2 aliphatic rings. The number of carboxylic acids is 1. The minimum Gasteiger partial charge on any atom is -0.481 e. The molecule has 0 saturated carbocycles. The summed E-state index contributed by atoms with van der Waals surface area (Å²) in [5, 5.41) is 15.0. The van der Waals surface area contributed by atoms with Crippen LogP contribution in [0.1, 0.15) is 71.8 Å². The maximum atomic E-state index is 11.9. The molecule has 3 aromatic rings. The van der Waals surface area contributed by atoms with E-state index in [4.69, 9.17) is 30.8 Å². The Morgan fingerprint density at radius 1 is 1.15 bits per heavy atom. The first-order valence-electron chi connectivity index (χ1n) is 14.6. The van der Waals surface area contributed by atoms with Crippen LogP contribution in [-0.4, -0.2) is 59.4 Å². The first-order chi connectivity index (χ1) is 19.8. The average molecular weight is 582 g/mol. The molecule has 1 N–H and O–H groups in total. The number of methoxy groups -OCH3 is 1. The lowest BCUT2D eigenvalue weighted by Crippen LogP contribution is -2.38. The molecule has 9 heteroatoms. The summed E-state index contributed by atoms with van der Waals surface area (Å²) in [6, 6.07) is 12.2. The van der Waals surface area contributed by atoms with E-state index in [1.165, 1.54) is 24.1 Å². The lowest BCUT2D eigenvalue weighted by atomic mass is 9.73. The molecule has 1 fully saturated rings. The van der Waals surface area contributed by atoms with E-state index in [-0.39, 0.29) is 17.8 Å². The van der Waals surface area contributed by atoms with Gasteiger partial charge in [-0.05, 0) is 85.8 Å². The molecule has 1 aliphatic heterocycles. The van der Waals surface area contributed by atoms with Crippen LogP contribution >= 0.6 is 11.6 Å². The number of hydrogen-bond donors (Lipinski definition) is 1. The van der Waals surface area contributed by atoms with E-state index in [0.29, 0.717) is 43.8 Å². The van der Waals surface area contributed by atoms with E-state index in [1.54, 1.807) is 11.8 Å². The van der Waals surface area contributed by atoms with Crippen molar-refractivity contribution in [3.8, 4) is 5.88 Å². The molecule has 0 amide bonds. The molecule has 0 bridgehead atoms. The number of carboxylic acid groups (broad SMARTS) is 1. The van der Waals surface area contributed by atoms with Gasteiger partial charge in [0, 0.05) is 61.7 Å². The summed E-state index contributed by atoms with van der Waals surface area (Å²) in [4.78, 5) is 16.8. The zero-order chi connectivity index (χ0) is 28.8. The Labute approximate surface area is 247 Å². The summed E-state index contributed by atoms with van der Waals surface area (Å²) >= 11 is 6.63. The summed E-state index contributed by atoms with van der Waals surface area (Å²) in [6.07, 6.45) is 7.43. The number of benzene rings is 1. The first-order valence-corrected chi connectivity index (χ1v) is 15.0. The molecular weight excluding hydrogens is 542 g/mol. The van der Waals surface area contributed by atoms with Gasteiger partial charge in [-0.25, -0.2) is 4.68 Å². The minimum absolute atomic E-state index is 0.0308. The largest absolute Gasteiger partial charge is 0.481 e. The SMILES string of the molecule is COCC1(c2cc(Cl)cc(C(CC(=O)O)Cc3cc(OCCc4ccc5c(n4)CCCC5)n(C)n3)c2)CCOCC1. The van der Waals surface area contributed by atoms with Crippen LogP contribution in [0.5, 0.6) is 5.88 Å². The quantitative estimate of drug-likeness (QED) is 0.303. The normalized spacial score (nSPS) is 17.1. The average Bonchev–Trinajstić information content (AvgIpc) is 3.31. The Kier molecular flexibility index (Phi) is 9.63. The van der Waals surface area contributed by atoms with Gasteiger partial charge in [0.2, 0.25) is 5.88 Å². The Hall–Kier alpha value is -2.94. The summed E-state index contributed by atoms with van der Waals surface area (Å²) < 4.78 is 19.0. The van der Waals surface area contributed by atoms with E-state index in [2.05, 4.69) is 23.3 Å². The first kappa shape index (κ1) is 29.5. The van der Waals surface area contributed by atoms with Crippen LogP contribution in [0.25, 0.3) is 0 Å². The second-order valence-electron chi connectivity index (χ2n) is 11.4. The van der Waals surface area contributed by atoms with Crippen LogP contribution in [0.4, 0.5) is 0 Å². The summed E-state index contributed by atoms with van der Waals surface area (Å²) in [5.41, 5.74) is 6.18. The molecule has 8 nitrogen and oxygen atoms in total. The molecule has 0 spiro atoms. The third kappa shape index (κ3) is 7.29. The zero-order valence-electron chi connectivity index (χ0n) is 24.0. The van der Waals surface area contributed by atoms with Gasteiger partial charge >= 0.3 is 5.97 Å². The molecule has 2 aromatic heterocycles. The van der Waals surface area contributed by atoms with Crippen molar-refractivity contribution in [3.05, 3.63) is 75.2 Å². The second-order valence-corrected chi connectivity index (χ2v) is 11.8. The van der Waals surface area contributed by atoms with E-state index in [0.717, 1.165) is 54.6 Å². The van der Waals surface area contributed by atoms with Gasteiger partial charge in [-0.1, -0.05) is 23.7 Å². The summed E-state index contributed by atoms with van der Waals surface area (Å²) in [6.45, 7) is 2.36. The standard InChI is InChI=1S/C32H40ClN3O5/c1-36-30(41-12-9-27-8-7-22-5-3-4-6-29(22)34-27)20-28(35-36)17-24(18-31(37)38)23-15-25(19-26(33)16-23)32(21-39-2)10-13-40-14-11-32/h7-8,15-16,19-20,24H,3-6,9-14,17-18,21H2,1-2H3,(H,37,38). The van der Waals surface area contributed by atoms with Gasteiger partial charge in [-0.3, -0.25) is 9.78 Å². The monoisotopic (exact) mass is 581 g/mol. The molecule has 1 aliphatic carbocycles. The molecule has 41 heavy (non-hydrogen) atoms. The van der Waals surface area contributed by atoms with Crippen molar-refractivity contribution in [1.82, 2.24) is 14.8 Å². The van der Waals surface area contributed by atoms with Gasteiger partial charge in [0.05, 0.1) is 25.3 Å². The van der Waals surface area contributed by atoms with Crippen LogP contribution in [0, 0.1) is 0 Å². The number of aromatic nitrogens is 3. The van der Waals surface area contributed by atoms with Crippen molar-refractivity contribution in [3.63, 3.8) is 0 Å². The van der Waals surface area contributed by atoms with Gasteiger partial charge in [-0.15, -0.1) is 0 Å². The minimum atomic E-state index is -0.862. The number of ether oxygens (including phenoxy) is 3. The second kappa shape index (κ2) is 13.4. The highest BCUT2D eigenvalue weighted by atomic mass is 35.5. The fourth-order valence-corrected chi connectivity index (χ4v) is 6.49. The van der Waals surface area contributed by atoms with Crippen LogP contribution in [0.2, 0.25) is 5.02 Å². The number of rotatable bonds is 12. The van der Waals surface area contributed by atoms with Crippen molar-refractivity contribution < 1.29 is 24.1 Å². The fourth-order valence-electron chi connectivity index (χ4n) is 6.25. The van der Waals surface area contributed by atoms with Gasteiger partial charge in [0.25, 0.3) is 0 Å². The number of hydrogen-bond acceptors (Lipinski definition) is 6. The number of aryl methyl sites for hydroxylation is 3. The summed E-state index contributed by atoms with van der Waals surface area (Å²) in [7, 11) is 3.55. The van der Waals surface area contributed by atoms with Gasteiger partial charge in [0.15, 0.2) is 0 Å². The van der Waals surface area contributed by atoms with Crippen LogP contribution in [0.15, 0.2) is 36.4 Å². The predicted octanol–water partition coefficient (Wildman–Crippen LogP) is 5.46. The Morgan fingerprint density at radius 3 is 2.73 bits per heavy atom. The van der Waals surface area contributed by atoms with E-state index in [9.17, 15) is 9.90 Å². The van der Waals surface area contributed by atoms with E-state index in [1.807, 2.05) is 25.2 Å². The zero-order valence-corrected chi connectivity index (χ0v) is 24.8. The predicted molar refractivity (Wildman–Crippen MR) is 157 cm³/mol. The topological polar surface area (TPSA) is 95.7 Å². The van der Waals surface area contributed by atoms with Crippen LogP contribution < -0.4 is 4.74 Å². The molecule has 1 aromatic carbocycles. The molecule has 0 radical (unpaired) electrons. The van der Waals surface area contributed by atoms with Crippen molar-refractivity contribution >= 4 is 17.6 Å². The number of fused-ring (bicyclic) bond motifs is 1. The Morgan fingerprint density at radius 2 is 1.95 bits per heavy atom. The number of nitrogens with zero attached hydrogens (tertiary/aromatic N) is 3. The van der Waals surface area contributed by atoms with Crippen LogP contribution in [-0.2, 0) is 52.4 Å². The molecule has 1 saturated heterocycles. The van der Waals surface area contributed by atoms with Gasteiger partial charge < -0.3 is 19.3 Å². The van der Waals surface area contributed by atoms with Crippen molar-refractivity contribution in [2.75, 3.05) is 33.5 Å². The number of halogens is 1. The number of pyridine rings is 1. The highest BCUT2D eigenvalue weighted by Crippen LogP contribution is 2.39. The molecule has 1 unspecified atom stereocenters. The van der Waals surface area contributed by atoms with E-state index >= 15 is 0 Å². The van der Waals surface area contributed by atoms with Crippen molar-refractivity contribution in [2.24, 2.45) is 7.05 Å². The van der Waals surface area contributed by atoms with Gasteiger partial charge in [-0.2, -0.15) is 5.10 Å². The Bertz CT molecular complexity index is 1350. The molecular formula is C32H40ClN3O5. The molecule has 1 atom stereocenters. The van der Waals surface area contributed by atoms with Gasteiger partial charge in [0.1, 0.15) is 0 Å². The lowest BCUT2D eigenvalue weighted by molar-refractivity contribution is -0.137. The van der Waals surface area contributed by atoms with Crippen molar-refractivity contribution in [1.29, 1.82) is 0 Å². The molecule has 3 heterocycles. The third-order valence-electron chi connectivity index (χ3n) is 8.48. The van der Waals surface area contributed by atoms with Crippen LogP contribution in [0.3, 0.4) is 0 Å². The third-order valence-corrected chi connectivity index (χ3v) is 8.70. The van der Waals surface area contributed by atoms with Crippen molar-refractivity contribution in [2.45, 2.75) is 69.1 Å². The smallest absolute Gasteiger partial charge is 0.303 e. The number of aliphatic carboxylic acids is 1. The fraction of sp³-hybridized carbons (Fsp3) is 0.531. The Balaban J connectivity index is 1.30. The molecule has 5 rings (SSSR count).